The molecule has 0 spiro atoms. The largest absolute Gasteiger partial charge is 0.465 e. The molecule has 3 aromatic heterocycles. The number of benzene rings is 1. The first-order chi connectivity index (χ1) is 13.8. The van der Waals surface area contributed by atoms with Gasteiger partial charge in [0.1, 0.15) is 6.54 Å². The normalized spacial score (nSPS) is 11.4. The highest BCUT2D eigenvalue weighted by molar-refractivity contribution is 6.30. The van der Waals surface area contributed by atoms with Crippen LogP contribution in [-0.2, 0) is 23.1 Å². The SMILES string of the molecule is CCOC(=O)Cn1c(=O)c2c(nc3n(-c4cccc(Cl)c4)c(C)cn23)n(C)c1=O. The Morgan fingerprint density at radius 3 is 2.72 bits per heavy atom. The van der Waals surface area contributed by atoms with E-state index in [1.165, 1.54) is 11.6 Å². The summed E-state index contributed by atoms with van der Waals surface area (Å²) in [6, 6.07) is 7.24. The van der Waals surface area contributed by atoms with Gasteiger partial charge < -0.3 is 4.74 Å². The van der Waals surface area contributed by atoms with Gasteiger partial charge in [0.05, 0.1) is 12.3 Å². The Kier molecular flexibility index (Phi) is 4.54. The standard InChI is InChI=1S/C19H18ClN5O4/c1-4-29-14(26)10-24-17(27)15-16(22(3)19(24)28)21-18-23(15)9-11(2)25(18)13-7-5-6-12(20)8-13/h5-9H,4,10H2,1-3H3. The monoisotopic (exact) mass is 415 g/mol. The second-order valence-corrected chi connectivity index (χ2v) is 7.01. The maximum atomic E-state index is 13.1. The number of nitrogens with zero attached hydrogens (tertiary/aromatic N) is 5. The molecule has 1 aromatic carbocycles. The highest BCUT2D eigenvalue weighted by atomic mass is 35.5. The van der Waals surface area contributed by atoms with Gasteiger partial charge in [0, 0.05) is 24.0 Å². The van der Waals surface area contributed by atoms with E-state index in [0.717, 1.165) is 15.9 Å². The topological polar surface area (TPSA) is 92.5 Å². The summed E-state index contributed by atoms with van der Waals surface area (Å²) in [5.41, 5.74) is 0.786. The minimum absolute atomic E-state index is 0.161. The van der Waals surface area contributed by atoms with E-state index in [1.807, 2.05) is 23.6 Å². The van der Waals surface area contributed by atoms with Crippen molar-refractivity contribution in [2.45, 2.75) is 20.4 Å². The van der Waals surface area contributed by atoms with E-state index in [0.29, 0.717) is 10.8 Å². The van der Waals surface area contributed by atoms with E-state index in [2.05, 4.69) is 4.98 Å². The molecule has 10 heteroatoms. The molecule has 4 aromatic rings. The summed E-state index contributed by atoms with van der Waals surface area (Å²) in [5, 5.41) is 0.564. The van der Waals surface area contributed by atoms with Crippen LogP contribution in [0.25, 0.3) is 22.6 Å². The molecule has 150 valence electrons. The first-order valence-electron chi connectivity index (χ1n) is 8.95. The minimum Gasteiger partial charge on any atom is -0.465 e. The molecule has 0 radical (unpaired) electrons. The number of aromatic nitrogens is 5. The van der Waals surface area contributed by atoms with Crippen molar-refractivity contribution in [3.63, 3.8) is 0 Å². The molecular weight excluding hydrogens is 398 g/mol. The number of hydrogen-bond acceptors (Lipinski definition) is 5. The van der Waals surface area contributed by atoms with Crippen molar-refractivity contribution in [1.29, 1.82) is 0 Å². The molecule has 3 heterocycles. The molecule has 0 unspecified atom stereocenters. The van der Waals surface area contributed by atoms with Crippen LogP contribution in [0.2, 0.25) is 5.02 Å². The highest BCUT2D eigenvalue weighted by Crippen LogP contribution is 2.22. The van der Waals surface area contributed by atoms with E-state index >= 15 is 0 Å². The molecule has 0 aliphatic carbocycles. The van der Waals surface area contributed by atoms with Crippen molar-refractivity contribution >= 4 is 34.5 Å². The summed E-state index contributed by atoms with van der Waals surface area (Å²) in [7, 11) is 1.51. The lowest BCUT2D eigenvalue weighted by molar-refractivity contribution is -0.143. The lowest BCUT2D eigenvalue weighted by Crippen LogP contribution is -2.41. The second-order valence-electron chi connectivity index (χ2n) is 6.58. The van der Waals surface area contributed by atoms with Crippen LogP contribution in [0, 0.1) is 6.92 Å². The third kappa shape index (κ3) is 2.94. The van der Waals surface area contributed by atoms with Crippen LogP contribution in [0.5, 0.6) is 0 Å². The van der Waals surface area contributed by atoms with Gasteiger partial charge in [-0.15, -0.1) is 0 Å². The number of carbonyl (C=O) groups is 1. The van der Waals surface area contributed by atoms with Crippen molar-refractivity contribution < 1.29 is 9.53 Å². The maximum Gasteiger partial charge on any atom is 0.333 e. The highest BCUT2D eigenvalue weighted by Gasteiger charge is 2.22. The number of ether oxygens (including phenoxy) is 1. The van der Waals surface area contributed by atoms with Crippen LogP contribution in [0.3, 0.4) is 0 Å². The fourth-order valence-corrected chi connectivity index (χ4v) is 3.60. The van der Waals surface area contributed by atoms with Crippen LogP contribution < -0.4 is 11.2 Å². The summed E-state index contributed by atoms with van der Waals surface area (Å²) in [6.07, 6.45) is 1.76. The van der Waals surface area contributed by atoms with E-state index in [9.17, 15) is 14.4 Å². The quantitative estimate of drug-likeness (QED) is 0.473. The number of rotatable bonds is 4. The van der Waals surface area contributed by atoms with Gasteiger partial charge in [-0.1, -0.05) is 17.7 Å². The Hall–Kier alpha value is -3.33. The number of carbonyl (C=O) groups excluding carboxylic acids is 1. The Balaban J connectivity index is 2.03. The minimum atomic E-state index is -0.653. The Labute approximate surface area is 169 Å². The van der Waals surface area contributed by atoms with Gasteiger partial charge in [-0.2, -0.15) is 4.98 Å². The van der Waals surface area contributed by atoms with Gasteiger partial charge >= 0.3 is 11.7 Å². The molecule has 0 saturated heterocycles. The van der Waals surface area contributed by atoms with E-state index in [4.69, 9.17) is 16.3 Å². The second kappa shape index (κ2) is 6.93. The summed E-state index contributed by atoms with van der Waals surface area (Å²) in [5.74, 6) is -0.194. The third-order valence-electron chi connectivity index (χ3n) is 4.68. The molecular formula is C19H18ClN5O4. The van der Waals surface area contributed by atoms with Gasteiger partial charge in [-0.25, -0.2) is 9.36 Å². The van der Waals surface area contributed by atoms with Crippen molar-refractivity contribution in [2.75, 3.05) is 6.61 Å². The zero-order chi connectivity index (χ0) is 20.9. The molecule has 29 heavy (non-hydrogen) atoms. The third-order valence-corrected chi connectivity index (χ3v) is 4.92. The van der Waals surface area contributed by atoms with Gasteiger partial charge in [0.25, 0.3) is 5.56 Å². The first kappa shape index (κ1) is 19.0. The van der Waals surface area contributed by atoms with Crippen LogP contribution in [0.15, 0.2) is 40.1 Å². The molecule has 0 saturated carbocycles. The summed E-state index contributed by atoms with van der Waals surface area (Å²) >= 11 is 6.13. The predicted molar refractivity (Wildman–Crippen MR) is 108 cm³/mol. The summed E-state index contributed by atoms with van der Waals surface area (Å²) in [4.78, 5) is 42.1. The lowest BCUT2D eigenvalue weighted by atomic mass is 10.3. The van der Waals surface area contributed by atoms with Crippen LogP contribution >= 0.6 is 11.6 Å². The molecule has 0 aliphatic heterocycles. The molecule has 0 fully saturated rings. The van der Waals surface area contributed by atoms with Crippen LogP contribution in [0.1, 0.15) is 12.6 Å². The zero-order valence-corrected chi connectivity index (χ0v) is 16.8. The number of imidazole rings is 2. The molecule has 0 bridgehead atoms. The number of hydrogen-bond donors (Lipinski definition) is 0. The van der Waals surface area contributed by atoms with Crippen molar-refractivity contribution in [3.05, 3.63) is 62.0 Å². The van der Waals surface area contributed by atoms with Crippen molar-refractivity contribution in [2.24, 2.45) is 7.05 Å². The summed E-state index contributed by atoms with van der Waals surface area (Å²) in [6.45, 7) is 3.23. The Morgan fingerprint density at radius 1 is 1.28 bits per heavy atom. The van der Waals surface area contributed by atoms with E-state index < -0.39 is 23.8 Å². The lowest BCUT2D eigenvalue weighted by Gasteiger charge is -2.07. The average Bonchev–Trinajstić information content (AvgIpc) is 3.18. The van der Waals surface area contributed by atoms with E-state index in [1.54, 1.807) is 29.7 Å². The first-order valence-corrected chi connectivity index (χ1v) is 9.32. The molecule has 0 atom stereocenters. The van der Waals surface area contributed by atoms with E-state index in [-0.39, 0.29) is 17.8 Å². The van der Waals surface area contributed by atoms with Gasteiger partial charge in [-0.05, 0) is 32.0 Å². The van der Waals surface area contributed by atoms with Crippen LogP contribution in [0.4, 0.5) is 0 Å². The van der Waals surface area contributed by atoms with Crippen molar-refractivity contribution in [1.82, 2.24) is 23.1 Å². The number of aryl methyl sites for hydroxylation is 2. The average molecular weight is 416 g/mol. The smallest absolute Gasteiger partial charge is 0.333 e. The molecule has 0 aliphatic rings. The predicted octanol–water partition coefficient (Wildman–Crippen LogP) is 1.66. The fraction of sp³-hybridized carbons (Fsp3) is 0.263. The van der Waals surface area contributed by atoms with Gasteiger partial charge in [0.2, 0.25) is 5.78 Å². The molecule has 0 N–H and O–H groups in total. The molecule has 4 rings (SSSR count). The van der Waals surface area contributed by atoms with Crippen LogP contribution in [-0.4, -0.2) is 35.7 Å². The van der Waals surface area contributed by atoms with Crippen molar-refractivity contribution in [3.8, 4) is 5.69 Å². The number of fused-ring (bicyclic) bond motifs is 3. The molecule has 0 amide bonds. The Morgan fingerprint density at radius 2 is 2.03 bits per heavy atom. The number of halogens is 1. The molecule has 9 nitrogen and oxygen atoms in total. The summed E-state index contributed by atoms with van der Waals surface area (Å²) < 4.78 is 10.5. The Bertz CT molecular complexity index is 1390. The van der Waals surface area contributed by atoms with Gasteiger partial charge in [-0.3, -0.25) is 23.1 Å². The fourth-order valence-electron chi connectivity index (χ4n) is 3.42. The van der Waals surface area contributed by atoms with Gasteiger partial charge in [0.15, 0.2) is 11.2 Å². The maximum absolute atomic E-state index is 13.1. The number of esters is 1. The zero-order valence-electron chi connectivity index (χ0n) is 16.0.